The van der Waals surface area contributed by atoms with E-state index >= 15 is 0 Å². The number of carboxylic acids is 1. The van der Waals surface area contributed by atoms with E-state index in [0.717, 1.165) is 35.5 Å². The first kappa shape index (κ1) is 13.3. The monoisotopic (exact) mass is 282 g/mol. The molecule has 21 heavy (non-hydrogen) atoms. The molecule has 0 atom stereocenters. The van der Waals surface area contributed by atoms with E-state index in [-0.39, 0.29) is 6.42 Å². The van der Waals surface area contributed by atoms with E-state index in [9.17, 15) is 10.1 Å². The highest BCUT2D eigenvalue weighted by atomic mass is 16.4. The Labute approximate surface area is 121 Å². The number of nitriles is 1. The van der Waals surface area contributed by atoms with E-state index in [1.54, 1.807) is 16.8 Å². The quantitative estimate of drug-likeness (QED) is 0.877. The zero-order chi connectivity index (χ0) is 14.8. The van der Waals surface area contributed by atoms with E-state index < -0.39 is 5.97 Å². The van der Waals surface area contributed by atoms with Crippen LogP contribution in [-0.4, -0.2) is 27.4 Å². The van der Waals surface area contributed by atoms with Gasteiger partial charge >= 0.3 is 5.97 Å². The lowest BCUT2D eigenvalue weighted by atomic mass is 10.1. The summed E-state index contributed by atoms with van der Waals surface area (Å²) in [5, 5.41) is 25.6. The summed E-state index contributed by atoms with van der Waals surface area (Å²) >= 11 is 0. The lowest BCUT2D eigenvalue weighted by Gasteiger charge is -2.15. The number of fused-ring (bicyclic) bond motifs is 1. The Hall–Kier alpha value is -2.65. The van der Waals surface area contributed by atoms with Gasteiger partial charge in [-0.25, -0.2) is 4.68 Å². The Bertz CT molecular complexity index is 725. The number of aliphatic carboxylic acids is 1. The molecular formula is C15H14N4O2. The summed E-state index contributed by atoms with van der Waals surface area (Å²) in [5.41, 5.74) is 4.06. The van der Waals surface area contributed by atoms with Crippen molar-refractivity contribution in [3.63, 3.8) is 0 Å². The van der Waals surface area contributed by atoms with Crippen LogP contribution in [0.2, 0.25) is 0 Å². The Kier molecular flexibility index (Phi) is 3.42. The van der Waals surface area contributed by atoms with Crippen molar-refractivity contribution >= 4 is 5.97 Å². The van der Waals surface area contributed by atoms with Crippen molar-refractivity contribution < 1.29 is 9.90 Å². The van der Waals surface area contributed by atoms with Crippen LogP contribution in [0.25, 0.3) is 5.69 Å². The topological polar surface area (TPSA) is 90.9 Å². The number of rotatable bonds is 3. The zero-order valence-electron chi connectivity index (χ0n) is 11.3. The number of nitrogens with zero attached hydrogens (tertiary/aromatic N) is 3. The molecule has 0 saturated carbocycles. The third-order valence-corrected chi connectivity index (χ3v) is 3.57. The fourth-order valence-corrected chi connectivity index (χ4v) is 2.58. The maximum atomic E-state index is 10.7. The number of hydrogen-bond acceptors (Lipinski definition) is 4. The highest BCUT2D eigenvalue weighted by Crippen LogP contribution is 2.22. The summed E-state index contributed by atoms with van der Waals surface area (Å²) in [7, 11) is 0. The number of aromatic nitrogens is 2. The molecule has 0 spiro atoms. The average Bonchev–Trinajstić information content (AvgIpc) is 2.86. The van der Waals surface area contributed by atoms with Crippen LogP contribution in [-0.2, 0) is 24.2 Å². The number of carboxylic acid groups (broad SMARTS) is 1. The van der Waals surface area contributed by atoms with Crippen molar-refractivity contribution in [2.45, 2.75) is 19.4 Å². The molecule has 1 aliphatic rings. The second-order valence-corrected chi connectivity index (χ2v) is 4.96. The Morgan fingerprint density at radius 3 is 2.86 bits per heavy atom. The first-order valence-corrected chi connectivity index (χ1v) is 6.71. The van der Waals surface area contributed by atoms with Crippen LogP contribution < -0.4 is 5.32 Å². The molecular weight excluding hydrogens is 268 g/mol. The van der Waals surface area contributed by atoms with Crippen molar-refractivity contribution in [2.24, 2.45) is 0 Å². The molecule has 0 radical (unpaired) electrons. The van der Waals surface area contributed by atoms with Gasteiger partial charge in [0.1, 0.15) is 6.07 Å². The molecule has 1 aromatic carbocycles. The smallest absolute Gasteiger partial charge is 0.307 e. The van der Waals surface area contributed by atoms with Crippen LogP contribution in [0.4, 0.5) is 0 Å². The molecule has 0 unspecified atom stereocenters. The highest BCUT2D eigenvalue weighted by molar-refractivity contribution is 5.70. The molecule has 2 aromatic rings. The van der Waals surface area contributed by atoms with E-state index in [2.05, 4.69) is 16.5 Å². The summed E-state index contributed by atoms with van der Waals surface area (Å²) in [4.78, 5) is 10.7. The maximum absolute atomic E-state index is 10.7. The van der Waals surface area contributed by atoms with Crippen molar-refractivity contribution in [1.82, 2.24) is 15.1 Å². The fourth-order valence-electron chi connectivity index (χ4n) is 2.58. The zero-order valence-corrected chi connectivity index (χ0v) is 11.3. The minimum atomic E-state index is -0.850. The SMILES string of the molecule is N#Cc1nn(-c2ccc(CC(=O)O)cc2)c2c1CNCC2. The molecule has 106 valence electrons. The first-order chi connectivity index (χ1) is 10.2. The van der Waals surface area contributed by atoms with Crippen LogP contribution in [0.5, 0.6) is 0 Å². The molecule has 0 fully saturated rings. The maximum Gasteiger partial charge on any atom is 0.307 e. The van der Waals surface area contributed by atoms with Gasteiger partial charge in [-0.1, -0.05) is 12.1 Å². The third-order valence-electron chi connectivity index (χ3n) is 3.57. The minimum absolute atomic E-state index is 0.00482. The normalized spacial score (nSPS) is 13.5. The van der Waals surface area contributed by atoms with Crippen molar-refractivity contribution in [2.75, 3.05) is 6.54 Å². The van der Waals surface area contributed by atoms with Gasteiger partial charge in [-0.3, -0.25) is 4.79 Å². The van der Waals surface area contributed by atoms with Gasteiger partial charge in [0.05, 0.1) is 17.8 Å². The molecule has 0 bridgehead atoms. The number of hydrogen-bond donors (Lipinski definition) is 2. The number of benzene rings is 1. The second kappa shape index (κ2) is 5.38. The van der Waals surface area contributed by atoms with Gasteiger partial charge < -0.3 is 10.4 Å². The molecule has 6 heteroatoms. The molecule has 1 aliphatic heterocycles. The van der Waals surface area contributed by atoms with Gasteiger partial charge in [-0.05, 0) is 17.7 Å². The molecule has 0 aliphatic carbocycles. The van der Waals surface area contributed by atoms with Gasteiger partial charge in [0.25, 0.3) is 0 Å². The van der Waals surface area contributed by atoms with E-state index in [1.807, 2.05) is 12.1 Å². The van der Waals surface area contributed by atoms with E-state index in [4.69, 9.17) is 5.11 Å². The van der Waals surface area contributed by atoms with Crippen LogP contribution in [0.15, 0.2) is 24.3 Å². The molecule has 3 rings (SSSR count). The number of nitrogens with one attached hydrogen (secondary N) is 1. The van der Waals surface area contributed by atoms with Crippen LogP contribution in [0.3, 0.4) is 0 Å². The van der Waals surface area contributed by atoms with Crippen LogP contribution >= 0.6 is 0 Å². The van der Waals surface area contributed by atoms with Crippen LogP contribution in [0.1, 0.15) is 22.5 Å². The largest absolute Gasteiger partial charge is 0.481 e. The lowest BCUT2D eigenvalue weighted by Crippen LogP contribution is -2.24. The minimum Gasteiger partial charge on any atom is -0.481 e. The summed E-state index contributed by atoms with van der Waals surface area (Å²) in [6.07, 6.45) is 0.825. The molecule has 2 heterocycles. The average molecular weight is 282 g/mol. The Morgan fingerprint density at radius 2 is 2.19 bits per heavy atom. The van der Waals surface area contributed by atoms with Gasteiger partial charge in [0, 0.05) is 25.1 Å². The van der Waals surface area contributed by atoms with Crippen molar-refractivity contribution in [1.29, 1.82) is 5.26 Å². The van der Waals surface area contributed by atoms with Gasteiger partial charge in [0.2, 0.25) is 0 Å². The van der Waals surface area contributed by atoms with Crippen molar-refractivity contribution in [3.05, 3.63) is 46.8 Å². The van der Waals surface area contributed by atoms with E-state index in [0.29, 0.717) is 12.2 Å². The van der Waals surface area contributed by atoms with Crippen molar-refractivity contribution in [3.8, 4) is 11.8 Å². The Morgan fingerprint density at radius 1 is 1.43 bits per heavy atom. The summed E-state index contributed by atoms with van der Waals surface area (Å²) in [6, 6.07) is 9.38. The molecule has 6 nitrogen and oxygen atoms in total. The summed E-state index contributed by atoms with van der Waals surface area (Å²) in [5.74, 6) is -0.850. The first-order valence-electron chi connectivity index (χ1n) is 6.71. The highest BCUT2D eigenvalue weighted by Gasteiger charge is 2.21. The molecule has 0 amide bonds. The summed E-state index contributed by atoms with van der Waals surface area (Å²) < 4.78 is 1.79. The summed E-state index contributed by atoms with van der Waals surface area (Å²) in [6.45, 7) is 1.52. The van der Waals surface area contributed by atoms with E-state index in [1.165, 1.54) is 0 Å². The van der Waals surface area contributed by atoms with Crippen LogP contribution in [0, 0.1) is 11.3 Å². The predicted molar refractivity (Wildman–Crippen MR) is 75.0 cm³/mol. The van der Waals surface area contributed by atoms with Gasteiger partial charge in [-0.15, -0.1) is 0 Å². The third kappa shape index (κ3) is 2.51. The second-order valence-electron chi connectivity index (χ2n) is 4.96. The standard InChI is InChI=1S/C15H14N4O2/c16-8-13-12-9-17-6-5-14(12)19(18-13)11-3-1-10(2-4-11)7-15(20)21/h1-4,17H,5-7,9H2,(H,20,21). The predicted octanol–water partition coefficient (Wildman–Crippen LogP) is 1.02. The van der Waals surface area contributed by atoms with Gasteiger partial charge in [-0.2, -0.15) is 10.4 Å². The lowest BCUT2D eigenvalue weighted by molar-refractivity contribution is -0.136. The fraction of sp³-hybridized carbons (Fsp3) is 0.267. The number of carbonyl (C=O) groups is 1. The van der Waals surface area contributed by atoms with Gasteiger partial charge in [0.15, 0.2) is 5.69 Å². The molecule has 0 saturated heterocycles. The Balaban J connectivity index is 1.99. The molecule has 1 aromatic heterocycles. The molecule has 2 N–H and O–H groups in total.